The zero-order chi connectivity index (χ0) is 12.8. The third-order valence-electron chi connectivity index (χ3n) is 1.78. The summed E-state index contributed by atoms with van der Waals surface area (Å²) in [6.45, 7) is 0. The molecule has 1 amide bonds. The summed E-state index contributed by atoms with van der Waals surface area (Å²) < 4.78 is 0. The minimum atomic E-state index is -1.50. The third-order valence-corrected chi connectivity index (χ3v) is 1.78. The SMILES string of the molecule is O=C(O)C[C@@H](NC(=O)c1cnccn1)C(=O)O. The maximum Gasteiger partial charge on any atom is 0.326 e. The molecule has 1 aromatic rings. The molecule has 0 saturated heterocycles. The summed E-state index contributed by atoms with van der Waals surface area (Å²) in [4.78, 5) is 39.8. The Labute approximate surface area is 95.3 Å². The van der Waals surface area contributed by atoms with Crippen LogP contribution >= 0.6 is 0 Å². The van der Waals surface area contributed by atoms with E-state index in [1.807, 2.05) is 5.32 Å². The van der Waals surface area contributed by atoms with Crippen molar-refractivity contribution in [3.63, 3.8) is 0 Å². The first-order valence-electron chi connectivity index (χ1n) is 4.52. The lowest BCUT2D eigenvalue weighted by Crippen LogP contribution is -2.42. The Hall–Kier alpha value is -2.51. The fraction of sp³-hybridized carbons (Fsp3) is 0.222. The highest BCUT2D eigenvalue weighted by Crippen LogP contribution is 1.96. The van der Waals surface area contributed by atoms with Crippen LogP contribution in [0.15, 0.2) is 18.6 Å². The van der Waals surface area contributed by atoms with Crippen molar-refractivity contribution in [1.82, 2.24) is 15.3 Å². The first kappa shape index (κ1) is 12.6. The molecule has 0 aliphatic carbocycles. The average Bonchev–Trinajstić information content (AvgIpc) is 2.28. The molecule has 90 valence electrons. The number of nitrogens with one attached hydrogen (secondary N) is 1. The first-order chi connectivity index (χ1) is 8.00. The largest absolute Gasteiger partial charge is 0.481 e. The Kier molecular flexibility index (Phi) is 4.09. The van der Waals surface area contributed by atoms with E-state index in [1.165, 1.54) is 12.4 Å². The Morgan fingerprint density at radius 2 is 2.00 bits per heavy atom. The minimum absolute atomic E-state index is 0.0795. The van der Waals surface area contributed by atoms with Crippen molar-refractivity contribution in [2.45, 2.75) is 12.5 Å². The second-order valence-corrected chi connectivity index (χ2v) is 3.05. The zero-order valence-corrected chi connectivity index (χ0v) is 8.53. The number of rotatable bonds is 5. The van der Waals surface area contributed by atoms with Crippen LogP contribution in [0.3, 0.4) is 0 Å². The van der Waals surface area contributed by atoms with Crippen molar-refractivity contribution >= 4 is 17.8 Å². The number of nitrogens with zero attached hydrogens (tertiary/aromatic N) is 2. The molecule has 0 bridgehead atoms. The van der Waals surface area contributed by atoms with Crippen molar-refractivity contribution in [2.75, 3.05) is 0 Å². The van der Waals surface area contributed by atoms with Gasteiger partial charge in [0.1, 0.15) is 11.7 Å². The topological polar surface area (TPSA) is 129 Å². The fourth-order valence-electron chi connectivity index (χ4n) is 1.02. The van der Waals surface area contributed by atoms with Crippen molar-refractivity contribution in [3.05, 3.63) is 24.3 Å². The van der Waals surface area contributed by atoms with E-state index in [0.717, 1.165) is 6.20 Å². The smallest absolute Gasteiger partial charge is 0.326 e. The van der Waals surface area contributed by atoms with Gasteiger partial charge in [0.2, 0.25) is 0 Å². The second kappa shape index (κ2) is 5.54. The van der Waals surface area contributed by atoms with Gasteiger partial charge < -0.3 is 15.5 Å². The van der Waals surface area contributed by atoms with Crippen molar-refractivity contribution in [2.24, 2.45) is 0 Å². The molecule has 8 nitrogen and oxygen atoms in total. The quantitative estimate of drug-likeness (QED) is 0.609. The maximum atomic E-state index is 11.5. The highest BCUT2D eigenvalue weighted by Gasteiger charge is 2.23. The van der Waals surface area contributed by atoms with Crippen LogP contribution in [-0.4, -0.2) is 44.1 Å². The van der Waals surface area contributed by atoms with Gasteiger partial charge in [-0.05, 0) is 0 Å². The first-order valence-corrected chi connectivity index (χ1v) is 4.52. The standard InChI is InChI=1S/C9H9N3O5/c13-7(14)3-5(9(16)17)12-8(15)6-4-10-1-2-11-6/h1-2,4-5H,3H2,(H,12,15)(H,13,14)(H,16,17)/t5-/m1/s1. The summed E-state index contributed by atoms with van der Waals surface area (Å²) in [5.41, 5.74) is -0.0795. The Bertz CT molecular complexity index is 434. The molecule has 1 heterocycles. The number of amides is 1. The molecule has 0 aliphatic heterocycles. The molecule has 0 radical (unpaired) electrons. The van der Waals surface area contributed by atoms with Gasteiger partial charge in [-0.1, -0.05) is 0 Å². The van der Waals surface area contributed by atoms with Crippen molar-refractivity contribution in [3.8, 4) is 0 Å². The Morgan fingerprint density at radius 3 is 2.47 bits per heavy atom. The molecule has 1 rings (SSSR count). The van der Waals surface area contributed by atoms with E-state index in [-0.39, 0.29) is 5.69 Å². The van der Waals surface area contributed by atoms with Crippen LogP contribution in [0.4, 0.5) is 0 Å². The van der Waals surface area contributed by atoms with Gasteiger partial charge in [0.05, 0.1) is 12.6 Å². The van der Waals surface area contributed by atoms with Gasteiger partial charge in [-0.25, -0.2) is 9.78 Å². The number of carboxylic acids is 2. The molecule has 0 fully saturated rings. The van der Waals surface area contributed by atoms with E-state index in [1.54, 1.807) is 0 Å². The second-order valence-electron chi connectivity index (χ2n) is 3.05. The Balaban J connectivity index is 2.71. The lowest BCUT2D eigenvalue weighted by molar-refractivity contribution is -0.145. The van der Waals surface area contributed by atoms with Gasteiger partial charge in [-0.3, -0.25) is 14.6 Å². The zero-order valence-electron chi connectivity index (χ0n) is 8.53. The molecule has 1 aromatic heterocycles. The van der Waals surface area contributed by atoms with Gasteiger partial charge >= 0.3 is 11.9 Å². The molecule has 0 aromatic carbocycles. The molecule has 0 saturated carbocycles. The Morgan fingerprint density at radius 1 is 1.29 bits per heavy atom. The number of carboxylic acid groups (broad SMARTS) is 2. The molecule has 17 heavy (non-hydrogen) atoms. The molecular weight excluding hydrogens is 230 g/mol. The van der Waals surface area contributed by atoms with Gasteiger partial charge in [0.25, 0.3) is 5.91 Å². The van der Waals surface area contributed by atoms with Gasteiger partial charge in [-0.2, -0.15) is 0 Å². The monoisotopic (exact) mass is 239 g/mol. The summed E-state index contributed by atoms with van der Waals surface area (Å²) in [5.74, 6) is -3.53. The molecule has 0 aliphatic rings. The summed E-state index contributed by atoms with van der Waals surface area (Å²) in [6, 6.07) is -1.50. The van der Waals surface area contributed by atoms with Crippen LogP contribution < -0.4 is 5.32 Å². The van der Waals surface area contributed by atoms with Crippen LogP contribution in [0, 0.1) is 0 Å². The van der Waals surface area contributed by atoms with Gasteiger partial charge in [0.15, 0.2) is 0 Å². The van der Waals surface area contributed by atoms with Crippen molar-refractivity contribution < 1.29 is 24.6 Å². The third kappa shape index (κ3) is 3.86. The molecule has 1 atom stereocenters. The number of aromatic nitrogens is 2. The predicted octanol–water partition coefficient (Wildman–Crippen LogP) is -0.866. The number of hydrogen-bond acceptors (Lipinski definition) is 5. The number of carbonyl (C=O) groups is 3. The molecule has 8 heteroatoms. The maximum absolute atomic E-state index is 11.5. The number of carbonyl (C=O) groups excluding carboxylic acids is 1. The number of aliphatic carboxylic acids is 2. The van der Waals surface area contributed by atoms with Crippen LogP contribution in [0.5, 0.6) is 0 Å². The summed E-state index contributed by atoms with van der Waals surface area (Å²) in [7, 11) is 0. The van der Waals surface area contributed by atoms with Crippen LogP contribution in [0.25, 0.3) is 0 Å². The summed E-state index contributed by atoms with van der Waals surface area (Å²) in [5, 5.41) is 19.2. The lowest BCUT2D eigenvalue weighted by atomic mass is 10.2. The highest BCUT2D eigenvalue weighted by molar-refractivity contribution is 5.95. The predicted molar refractivity (Wildman–Crippen MR) is 53.2 cm³/mol. The van der Waals surface area contributed by atoms with Crippen molar-refractivity contribution in [1.29, 1.82) is 0 Å². The van der Waals surface area contributed by atoms with E-state index in [2.05, 4.69) is 9.97 Å². The molecule has 0 spiro atoms. The molecule has 3 N–H and O–H groups in total. The van der Waals surface area contributed by atoms with Crippen LogP contribution in [0.1, 0.15) is 16.9 Å². The summed E-state index contributed by atoms with van der Waals surface area (Å²) in [6.07, 6.45) is 3.06. The van der Waals surface area contributed by atoms with Gasteiger partial charge in [-0.15, -0.1) is 0 Å². The van der Waals surface area contributed by atoms with Gasteiger partial charge in [0, 0.05) is 12.4 Å². The van der Waals surface area contributed by atoms with Crippen LogP contribution in [0.2, 0.25) is 0 Å². The fourth-order valence-corrected chi connectivity index (χ4v) is 1.02. The molecule has 0 unspecified atom stereocenters. The molecular formula is C9H9N3O5. The summed E-state index contributed by atoms with van der Waals surface area (Å²) >= 11 is 0. The van der Waals surface area contributed by atoms with E-state index in [4.69, 9.17) is 10.2 Å². The van der Waals surface area contributed by atoms with E-state index in [9.17, 15) is 14.4 Å². The minimum Gasteiger partial charge on any atom is -0.481 e. The van der Waals surface area contributed by atoms with E-state index >= 15 is 0 Å². The van der Waals surface area contributed by atoms with Crippen LogP contribution in [-0.2, 0) is 9.59 Å². The number of hydrogen-bond donors (Lipinski definition) is 3. The normalized spacial score (nSPS) is 11.5. The van der Waals surface area contributed by atoms with E-state index < -0.39 is 30.3 Å². The van der Waals surface area contributed by atoms with E-state index in [0.29, 0.717) is 0 Å². The highest BCUT2D eigenvalue weighted by atomic mass is 16.4. The average molecular weight is 239 g/mol. The lowest BCUT2D eigenvalue weighted by Gasteiger charge is -2.11.